The van der Waals surface area contributed by atoms with Crippen LogP contribution in [0.3, 0.4) is 0 Å². The van der Waals surface area contributed by atoms with Gasteiger partial charge in [-0.25, -0.2) is 4.79 Å². The second-order valence-corrected chi connectivity index (χ2v) is 5.73. The van der Waals surface area contributed by atoms with Gasteiger partial charge < -0.3 is 9.64 Å². The predicted octanol–water partition coefficient (Wildman–Crippen LogP) is 4.57. The molecule has 1 aliphatic rings. The zero-order valence-corrected chi connectivity index (χ0v) is 13.4. The highest BCUT2D eigenvalue weighted by molar-refractivity contribution is 5.68. The smallest absolute Gasteiger partial charge is 0.410 e. The van der Waals surface area contributed by atoms with Gasteiger partial charge in [-0.3, -0.25) is 0 Å². The van der Waals surface area contributed by atoms with Gasteiger partial charge in [0, 0.05) is 13.1 Å². The molecule has 114 valence electrons. The van der Waals surface area contributed by atoms with Gasteiger partial charge in [-0.1, -0.05) is 18.7 Å². The van der Waals surface area contributed by atoms with Crippen LogP contribution in [0.5, 0.6) is 0 Å². The fourth-order valence-corrected chi connectivity index (χ4v) is 2.24. The standard InChI is InChI=1S/C15H25NO2.C2H4/c1-6-12(7-2)13-8-10-16(11-9-13)14(17)18-15(3,4)5;1-2/h6-7,13H,1,8-11H2,2-5H3;1-2H2/b12-7+;. The highest BCUT2D eigenvalue weighted by Crippen LogP contribution is 2.26. The van der Waals surface area contributed by atoms with Gasteiger partial charge in [-0.15, -0.1) is 13.2 Å². The molecule has 3 heteroatoms. The van der Waals surface area contributed by atoms with Crippen LogP contribution in [0.1, 0.15) is 40.5 Å². The molecule has 1 heterocycles. The molecule has 0 spiro atoms. The lowest BCUT2D eigenvalue weighted by Crippen LogP contribution is -2.41. The second kappa shape index (κ2) is 8.62. The molecule has 1 fully saturated rings. The van der Waals surface area contributed by atoms with Gasteiger partial charge in [0.15, 0.2) is 0 Å². The summed E-state index contributed by atoms with van der Waals surface area (Å²) in [6.07, 6.45) is 5.83. The molecule has 3 nitrogen and oxygen atoms in total. The van der Waals surface area contributed by atoms with Gasteiger partial charge in [0.1, 0.15) is 5.60 Å². The van der Waals surface area contributed by atoms with Crippen LogP contribution in [0, 0.1) is 5.92 Å². The quantitative estimate of drug-likeness (QED) is 0.547. The van der Waals surface area contributed by atoms with Crippen LogP contribution < -0.4 is 0 Å². The Kier molecular flexibility index (Phi) is 7.97. The first-order valence-corrected chi connectivity index (χ1v) is 7.14. The van der Waals surface area contributed by atoms with E-state index < -0.39 is 5.60 Å². The lowest BCUT2D eigenvalue weighted by atomic mass is 9.89. The molecule has 0 aromatic rings. The van der Waals surface area contributed by atoms with Crippen molar-refractivity contribution in [2.24, 2.45) is 5.92 Å². The number of carbonyl (C=O) groups is 1. The maximum absolute atomic E-state index is 11.9. The number of rotatable bonds is 2. The summed E-state index contributed by atoms with van der Waals surface area (Å²) < 4.78 is 5.38. The summed E-state index contributed by atoms with van der Waals surface area (Å²) in [6, 6.07) is 0. The van der Waals surface area contributed by atoms with Crippen molar-refractivity contribution in [3.8, 4) is 0 Å². The van der Waals surface area contributed by atoms with Gasteiger partial charge in [0.05, 0.1) is 0 Å². The van der Waals surface area contributed by atoms with E-state index in [1.807, 2.05) is 33.8 Å². The monoisotopic (exact) mass is 279 g/mol. The topological polar surface area (TPSA) is 29.5 Å². The number of hydrogen-bond acceptors (Lipinski definition) is 2. The Morgan fingerprint density at radius 1 is 1.25 bits per heavy atom. The van der Waals surface area contributed by atoms with Crippen LogP contribution in [-0.2, 0) is 4.74 Å². The molecule has 0 bridgehead atoms. The van der Waals surface area contributed by atoms with Gasteiger partial charge >= 0.3 is 6.09 Å². The number of nitrogens with zero attached hydrogens (tertiary/aromatic N) is 1. The van der Waals surface area contributed by atoms with Crippen molar-refractivity contribution in [1.82, 2.24) is 4.90 Å². The molecule has 0 aromatic heterocycles. The van der Waals surface area contributed by atoms with E-state index in [1.165, 1.54) is 5.57 Å². The molecule has 0 radical (unpaired) electrons. The molecule has 0 aromatic carbocycles. The highest BCUT2D eigenvalue weighted by Gasteiger charge is 2.27. The summed E-state index contributed by atoms with van der Waals surface area (Å²) >= 11 is 0. The number of allylic oxidation sites excluding steroid dienone is 3. The summed E-state index contributed by atoms with van der Waals surface area (Å²) in [5, 5.41) is 0. The van der Waals surface area contributed by atoms with Crippen LogP contribution >= 0.6 is 0 Å². The molecule has 0 aliphatic carbocycles. The van der Waals surface area contributed by atoms with Crippen LogP contribution in [0.15, 0.2) is 37.5 Å². The average Bonchev–Trinajstić information content (AvgIpc) is 2.41. The predicted molar refractivity (Wildman–Crippen MR) is 85.7 cm³/mol. The number of amides is 1. The maximum Gasteiger partial charge on any atom is 0.410 e. The second-order valence-electron chi connectivity index (χ2n) is 5.73. The normalized spacial score (nSPS) is 17.0. The van der Waals surface area contributed by atoms with E-state index in [-0.39, 0.29) is 6.09 Å². The highest BCUT2D eigenvalue weighted by atomic mass is 16.6. The molecule has 0 unspecified atom stereocenters. The third-order valence-electron chi connectivity index (χ3n) is 3.19. The van der Waals surface area contributed by atoms with E-state index in [1.54, 1.807) is 4.90 Å². The molecule has 1 aliphatic heterocycles. The average molecular weight is 279 g/mol. The van der Waals surface area contributed by atoms with Crippen LogP contribution in [-0.4, -0.2) is 29.7 Å². The third-order valence-corrected chi connectivity index (χ3v) is 3.19. The van der Waals surface area contributed by atoms with Crippen molar-refractivity contribution < 1.29 is 9.53 Å². The van der Waals surface area contributed by atoms with E-state index in [9.17, 15) is 4.79 Å². The van der Waals surface area contributed by atoms with Crippen molar-refractivity contribution in [3.05, 3.63) is 37.5 Å². The minimum Gasteiger partial charge on any atom is -0.444 e. The van der Waals surface area contributed by atoms with Gasteiger partial charge in [-0.2, -0.15) is 0 Å². The van der Waals surface area contributed by atoms with Crippen molar-refractivity contribution in [3.63, 3.8) is 0 Å². The van der Waals surface area contributed by atoms with Crippen molar-refractivity contribution in [1.29, 1.82) is 0 Å². The SMILES string of the molecule is C=C.C=C/C(=C\C)C1CCN(C(=O)OC(C)(C)C)CC1. The number of likely N-dealkylation sites (tertiary alicyclic amines) is 1. The molecule has 20 heavy (non-hydrogen) atoms. The third kappa shape index (κ3) is 6.09. The first kappa shape index (κ1) is 18.5. The first-order valence-electron chi connectivity index (χ1n) is 7.14. The van der Waals surface area contributed by atoms with Gasteiger partial charge in [0.25, 0.3) is 0 Å². The largest absolute Gasteiger partial charge is 0.444 e. The minimum atomic E-state index is -0.413. The molecule has 0 saturated carbocycles. The van der Waals surface area contributed by atoms with Crippen molar-refractivity contribution >= 4 is 6.09 Å². The van der Waals surface area contributed by atoms with E-state index in [2.05, 4.69) is 25.8 Å². The summed E-state index contributed by atoms with van der Waals surface area (Å²) in [5.74, 6) is 0.534. The molecule has 1 amide bonds. The van der Waals surface area contributed by atoms with E-state index in [0.29, 0.717) is 5.92 Å². The molecule has 0 atom stereocenters. The molecular weight excluding hydrogens is 250 g/mol. The van der Waals surface area contributed by atoms with Crippen molar-refractivity contribution in [2.45, 2.75) is 46.1 Å². The summed E-state index contributed by atoms with van der Waals surface area (Å²) in [4.78, 5) is 13.7. The number of carbonyl (C=O) groups excluding carboxylic acids is 1. The summed E-state index contributed by atoms with van der Waals surface area (Å²) in [5.41, 5.74) is 0.877. The van der Waals surface area contributed by atoms with E-state index in [0.717, 1.165) is 25.9 Å². The number of ether oxygens (including phenoxy) is 1. The van der Waals surface area contributed by atoms with Crippen LogP contribution in [0.4, 0.5) is 4.79 Å². The Labute approximate surface area is 124 Å². The molecule has 1 saturated heterocycles. The number of piperidine rings is 1. The Balaban J connectivity index is 0.00000172. The molecular formula is C17H29NO2. The van der Waals surface area contributed by atoms with Crippen molar-refractivity contribution in [2.75, 3.05) is 13.1 Å². The van der Waals surface area contributed by atoms with Crippen LogP contribution in [0.2, 0.25) is 0 Å². The van der Waals surface area contributed by atoms with Crippen LogP contribution in [0.25, 0.3) is 0 Å². The summed E-state index contributed by atoms with van der Waals surface area (Å²) in [6.45, 7) is 19.1. The lowest BCUT2D eigenvalue weighted by Gasteiger charge is -2.33. The Bertz CT molecular complexity index is 344. The van der Waals surface area contributed by atoms with Gasteiger partial charge in [-0.05, 0) is 52.0 Å². The minimum absolute atomic E-state index is 0.193. The molecule has 1 rings (SSSR count). The Morgan fingerprint density at radius 2 is 1.75 bits per heavy atom. The summed E-state index contributed by atoms with van der Waals surface area (Å²) in [7, 11) is 0. The zero-order chi connectivity index (χ0) is 15.8. The fourth-order valence-electron chi connectivity index (χ4n) is 2.24. The Hall–Kier alpha value is -1.51. The van der Waals surface area contributed by atoms with E-state index in [4.69, 9.17) is 4.74 Å². The first-order chi connectivity index (χ1) is 9.37. The Morgan fingerprint density at radius 3 is 2.10 bits per heavy atom. The molecule has 0 N–H and O–H groups in total. The van der Waals surface area contributed by atoms with Gasteiger partial charge in [0.2, 0.25) is 0 Å². The maximum atomic E-state index is 11.9. The lowest BCUT2D eigenvalue weighted by molar-refractivity contribution is 0.0195. The number of hydrogen-bond donors (Lipinski definition) is 0. The fraction of sp³-hybridized carbons (Fsp3) is 0.588. The van der Waals surface area contributed by atoms with E-state index >= 15 is 0 Å². The zero-order valence-electron chi connectivity index (χ0n) is 13.4.